The topological polar surface area (TPSA) is 83.0 Å². The number of aromatic nitrogens is 1. The number of aliphatic hydroxyl groups is 1. The van der Waals surface area contributed by atoms with E-state index < -0.39 is 17.7 Å². The van der Waals surface area contributed by atoms with Crippen LogP contribution in [0.5, 0.6) is 5.75 Å². The molecule has 0 saturated carbocycles. The molecule has 0 aliphatic carbocycles. The summed E-state index contributed by atoms with van der Waals surface area (Å²) in [7, 11) is 0. The summed E-state index contributed by atoms with van der Waals surface area (Å²) in [6.45, 7) is 11.5. The van der Waals surface area contributed by atoms with E-state index in [1.165, 1.54) is 0 Å². The summed E-state index contributed by atoms with van der Waals surface area (Å²) in [5.41, 5.74) is 2.13. The Morgan fingerprint density at radius 3 is 2.56 bits per heavy atom. The minimum Gasteiger partial charge on any atom is -0.507 e. The van der Waals surface area contributed by atoms with Gasteiger partial charge in [0, 0.05) is 31.0 Å². The molecule has 1 fully saturated rings. The van der Waals surface area contributed by atoms with Crippen LogP contribution in [0.4, 0.5) is 0 Å². The number of hydrogen-bond donors (Lipinski definition) is 1. The Balaban J connectivity index is 2.00. The number of carbonyl (C=O) groups excluding carboxylic acids is 2. The zero-order valence-corrected chi connectivity index (χ0v) is 20.6. The van der Waals surface area contributed by atoms with Gasteiger partial charge >= 0.3 is 0 Å². The lowest BCUT2D eigenvalue weighted by atomic mass is 9.95. The molecular formula is C27H35N3O4. The number of aryl methyl sites for hydroxylation is 1. The van der Waals surface area contributed by atoms with E-state index in [1.807, 2.05) is 13.0 Å². The number of benzene rings is 1. The molecule has 0 spiro atoms. The van der Waals surface area contributed by atoms with Crippen molar-refractivity contribution in [3.8, 4) is 5.75 Å². The lowest BCUT2D eigenvalue weighted by molar-refractivity contribution is -0.140. The number of rotatable bonds is 11. The van der Waals surface area contributed by atoms with E-state index in [2.05, 4.69) is 30.7 Å². The van der Waals surface area contributed by atoms with E-state index in [9.17, 15) is 14.7 Å². The predicted molar refractivity (Wildman–Crippen MR) is 133 cm³/mol. The van der Waals surface area contributed by atoms with E-state index >= 15 is 0 Å². The van der Waals surface area contributed by atoms with Crippen molar-refractivity contribution < 1.29 is 19.4 Å². The van der Waals surface area contributed by atoms with Gasteiger partial charge in [0.05, 0.1) is 18.2 Å². The molecule has 1 aromatic heterocycles. The molecule has 34 heavy (non-hydrogen) atoms. The van der Waals surface area contributed by atoms with E-state index in [-0.39, 0.29) is 11.3 Å². The number of hydrogen-bond acceptors (Lipinski definition) is 6. The van der Waals surface area contributed by atoms with E-state index in [0.717, 1.165) is 37.2 Å². The molecule has 0 radical (unpaired) electrons. The van der Waals surface area contributed by atoms with Gasteiger partial charge in [0.1, 0.15) is 11.5 Å². The number of amides is 1. The monoisotopic (exact) mass is 465 g/mol. The van der Waals surface area contributed by atoms with Gasteiger partial charge in [0.15, 0.2) is 0 Å². The maximum absolute atomic E-state index is 13.2. The van der Waals surface area contributed by atoms with Crippen LogP contribution in [-0.2, 0) is 9.59 Å². The summed E-state index contributed by atoms with van der Waals surface area (Å²) in [4.78, 5) is 34.2. The number of ketones is 1. The average molecular weight is 466 g/mol. The summed E-state index contributed by atoms with van der Waals surface area (Å²) in [5, 5.41) is 11.3. The molecule has 1 amide bonds. The Labute approximate surface area is 202 Å². The molecular weight excluding hydrogens is 430 g/mol. The van der Waals surface area contributed by atoms with E-state index in [0.29, 0.717) is 30.8 Å². The largest absolute Gasteiger partial charge is 0.507 e. The molecule has 1 aromatic carbocycles. The standard InChI is InChI=1S/C27H35N3O4/c1-5-8-16-34-22-12-11-20(17-19(22)4)25(31)23-24(21-10-9-13-28-18-21)30(27(33)26(23)32)15-14-29(6-2)7-3/h9-13,17-18,24,31H,5-8,14-16H2,1-4H3/t24-/m1/s1. The molecule has 0 unspecified atom stereocenters. The average Bonchev–Trinajstić information content (AvgIpc) is 3.10. The maximum Gasteiger partial charge on any atom is 0.295 e. The van der Waals surface area contributed by atoms with Crippen LogP contribution >= 0.6 is 0 Å². The minimum absolute atomic E-state index is 0.0941. The highest BCUT2D eigenvalue weighted by molar-refractivity contribution is 6.46. The number of nitrogens with zero attached hydrogens (tertiary/aromatic N) is 3. The number of aliphatic hydroxyl groups excluding tert-OH is 1. The van der Waals surface area contributed by atoms with Gasteiger partial charge in [-0.15, -0.1) is 0 Å². The minimum atomic E-state index is -0.690. The second kappa shape index (κ2) is 11.8. The Morgan fingerprint density at radius 1 is 1.18 bits per heavy atom. The molecule has 0 bridgehead atoms. The van der Waals surface area contributed by atoms with Gasteiger partial charge in [-0.1, -0.05) is 33.3 Å². The van der Waals surface area contributed by atoms with Crippen molar-refractivity contribution in [2.75, 3.05) is 32.8 Å². The van der Waals surface area contributed by atoms with Crippen molar-refractivity contribution in [1.82, 2.24) is 14.8 Å². The zero-order chi connectivity index (χ0) is 24.7. The van der Waals surface area contributed by atoms with Crippen LogP contribution < -0.4 is 4.74 Å². The van der Waals surface area contributed by atoms with Crippen LogP contribution in [0.2, 0.25) is 0 Å². The van der Waals surface area contributed by atoms with Gasteiger partial charge in [-0.3, -0.25) is 14.6 Å². The van der Waals surface area contributed by atoms with Crippen LogP contribution in [0.1, 0.15) is 56.3 Å². The molecule has 7 nitrogen and oxygen atoms in total. The lowest BCUT2D eigenvalue weighted by Gasteiger charge is -2.28. The first-order valence-electron chi connectivity index (χ1n) is 12.1. The van der Waals surface area contributed by atoms with Gasteiger partial charge in [-0.05, 0) is 61.8 Å². The van der Waals surface area contributed by atoms with Gasteiger partial charge < -0.3 is 19.6 Å². The fourth-order valence-corrected chi connectivity index (χ4v) is 4.22. The predicted octanol–water partition coefficient (Wildman–Crippen LogP) is 4.33. The molecule has 1 saturated heterocycles. The van der Waals surface area contributed by atoms with Gasteiger partial charge in [0.25, 0.3) is 11.7 Å². The number of carbonyl (C=O) groups is 2. The fourth-order valence-electron chi connectivity index (χ4n) is 4.22. The Morgan fingerprint density at radius 2 is 1.94 bits per heavy atom. The third kappa shape index (κ3) is 5.47. The van der Waals surface area contributed by atoms with Crippen molar-refractivity contribution in [2.24, 2.45) is 0 Å². The SMILES string of the molecule is CCCCOc1ccc(C(O)=C2C(=O)C(=O)N(CCN(CC)CC)[C@@H]2c2cccnc2)cc1C. The third-order valence-corrected chi connectivity index (χ3v) is 6.30. The summed E-state index contributed by atoms with van der Waals surface area (Å²) in [6, 6.07) is 8.23. The van der Waals surface area contributed by atoms with E-state index in [1.54, 1.807) is 41.6 Å². The fraction of sp³-hybridized carbons (Fsp3) is 0.444. The van der Waals surface area contributed by atoms with Crippen LogP contribution in [0.3, 0.4) is 0 Å². The smallest absolute Gasteiger partial charge is 0.295 e. The Bertz CT molecular complexity index is 1030. The first-order valence-corrected chi connectivity index (χ1v) is 12.1. The highest BCUT2D eigenvalue weighted by Crippen LogP contribution is 2.39. The van der Waals surface area contributed by atoms with Crippen molar-refractivity contribution in [1.29, 1.82) is 0 Å². The third-order valence-electron chi connectivity index (χ3n) is 6.30. The second-order valence-electron chi connectivity index (χ2n) is 8.49. The van der Waals surface area contributed by atoms with Crippen molar-refractivity contribution in [3.05, 3.63) is 65.0 Å². The molecule has 1 N–H and O–H groups in total. The van der Waals surface area contributed by atoms with E-state index in [4.69, 9.17) is 4.74 Å². The summed E-state index contributed by atoms with van der Waals surface area (Å²) >= 11 is 0. The molecule has 1 aliphatic rings. The van der Waals surface area contributed by atoms with Crippen molar-refractivity contribution in [2.45, 2.75) is 46.6 Å². The number of ether oxygens (including phenoxy) is 1. The lowest BCUT2D eigenvalue weighted by Crippen LogP contribution is -2.38. The van der Waals surface area contributed by atoms with Crippen molar-refractivity contribution in [3.63, 3.8) is 0 Å². The van der Waals surface area contributed by atoms with Crippen LogP contribution in [-0.4, -0.2) is 64.4 Å². The summed E-state index contributed by atoms with van der Waals surface area (Å²) in [5.74, 6) is -0.708. The Hall–Kier alpha value is -3.19. The highest BCUT2D eigenvalue weighted by atomic mass is 16.5. The zero-order valence-electron chi connectivity index (χ0n) is 20.6. The maximum atomic E-state index is 13.2. The Kier molecular flexibility index (Phi) is 8.82. The number of likely N-dealkylation sites (N-methyl/N-ethyl adjacent to an activating group) is 1. The molecule has 1 atom stereocenters. The summed E-state index contributed by atoms with van der Waals surface area (Å²) < 4.78 is 5.82. The van der Waals surface area contributed by atoms with Crippen LogP contribution in [0.15, 0.2) is 48.3 Å². The molecule has 7 heteroatoms. The second-order valence-corrected chi connectivity index (χ2v) is 8.49. The first kappa shape index (κ1) is 25.4. The van der Waals surface area contributed by atoms with Crippen LogP contribution in [0.25, 0.3) is 5.76 Å². The van der Waals surface area contributed by atoms with Gasteiger partial charge in [-0.25, -0.2) is 0 Å². The number of likely N-dealkylation sites (tertiary alicyclic amines) is 1. The molecule has 1 aliphatic heterocycles. The molecule has 2 heterocycles. The first-order chi connectivity index (χ1) is 16.4. The number of Topliss-reactive ketones (excluding diaryl/α,β-unsaturated/α-hetero) is 1. The summed E-state index contributed by atoms with van der Waals surface area (Å²) in [6.07, 6.45) is 5.29. The highest BCUT2D eigenvalue weighted by Gasteiger charge is 2.46. The van der Waals surface area contributed by atoms with Crippen molar-refractivity contribution >= 4 is 17.4 Å². The normalized spacial score (nSPS) is 17.6. The number of pyridine rings is 1. The van der Waals surface area contributed by atoms with Gasteiger partial charge in [0.2, 0.25) is 0 Å². The van der Waals surface area contributed by atoms with Crippen LogP contribution in [0, 0.1) is 6.92 Å². The van der Waals surface area contributed by atoms with Gasteiger partial charge in [-0.2, -0.15) is 0 Å². The number of unbranched alkanes of at least 4 members (excludes halogenated alkanes) is 1. The molecule has 3 rings (SSSR count). The molecule has 182 valence electrons. The molecule has 2 aromatic rings. The quantitative estimate of drug-likeness (QED) is 0.230.